The van der Waals surface area contributed by atoms with Crippen LogP contribution in [-0.4, -0.2) is 35.0 Å². The van der Waals surface area contributed by atoms with Gasteiger partial charge < -0.3 is 16.6 Å². The third-order valence-corrected chi connectivity index (χ3v) is 6.47. The molecule has 5 N–H and O–H groups in total. The number of aliphatic hydroxyl groups excluding tert-OH is 1. The molecule has 188 valence electrons. The highest BCUT2D eigenvalue weighted by Gasteiger charge is 2.37. The highest BCUT2D eigenvalue weighted by molar-refractivity contribution is 6.02. The zero-order chi connectivity index (χ0) is 25.9. The molecule has 9 heteroatoms. The molecule has 0 aliphatic carbocycles. The van der Waals surface area contributed by atoms with Crippen molar-refractivity contribution in [3.05, 3.63) is 95.1 Å². The first-order valence-electron chi connectivity index (χ1n) is 11.6. The Morgan fingerprint density at radius 1 is 0.944 bits per heavy atom. The molecule has 1 heterocycles. The molecule has 0 saturated carbocycles. The van der Waals surface area contributed by atoms with Crippen molar-refractivity contribution in [2.75, 3.05) is 13.1 Å². The maximum absolute atomic E-state index is 13.8. The van der Waals surface area contributed by atoms with Gasteiger partial charge in [-0.1, -0.05) is 60.7 Å². The predicted molar refractivity (Wildman–Crippen MR) is 132 cm³/mol. The van der Waals surface area contributed by atoms with Gasteiger partial charge >= 0.3 is 6.18 Å². The van der Waals surface area contributed by atoms with E-state index in [-0.39, 0.29) is 17.0 Å². The van der Waals surface area contributed by atoms with Crippen molar-refractivity contribution in [1.29, 1.82) is 0 Å². The standard InChI is InChI=1S/C27H27F3N4O2/c28-27(29,30)23-16-21(24(35)33-26(31)32)10-11-22(23)19-12-14-34(15-13-19)25(36)20-8-6-18(7-9-20)17-4-2-1-3-5-17/h1-11,16,19,25,36H,12-15H2,(H4,31,32,33,35). The minimum atomic E-state index is -4.64. The summed E-state index contributed by atoms with van der Waals surface area (Å²) >= 11 is 0. The molecular weight excluding hydrogens is 469 g/mol. The summed E-state index contributed by atoms with van der Waals surface area (Å²) < 4.78 is 41.5. The van der Waals surface area contributed by atoms with Gasteiger partial charge in [0.2, 0.25) is 0 Å². The third-order valence-electron chi connectivity index (χ3n) is 6.47. The van der Waals surface area contributed by atoms with Gasteiger partial charge in [0, 0.05) is 18.7 Å². The van der Waals surface area contributed by atoms with E-state index in [1.54, 1.807) is 0 Å². The van der Waals surface area contributed by atoms with Crippen molar-refractivity contribution in [2.45, 2.75) is 31.2 Å². The number of carbonyl (C=O) groups excluding carboxylic acids is 1. The minimum absolute atomic E-state index is 0.130. The van der Waals surface area contributed by atoms with Gasteiger partial charge in [-0.15, -0.1) is 0 Å². The molecule has 1 unspecified atom stereocenters. The highest BCUT2D eigenvalue weighted by Crippen LogP contribution is 2.40. The number of aliphatic hydroxyl groups is 1. The predicted octanol–water partition coefficient (Wildman–Crippen LogP) is 4.66. The molecule has 0 aromatic heterocycles. The molecule has 1 atom stereocenters. The van der Waals surface area contributed by atoms with Crippen LogP contribution in [0.4, 0.5) is 13.2 Å². The Balaban J connectivity index is 1.46. The van der Waals surface area contributed by atoms with E-state index in [1.807, 2.05) is 59.5 Å². The summed E-state index contributed by atoms with van der Waals surface area (Å²) in [4.78, 5) is 17.2. The molecule has 36 heavy (non-hydrogen) atoms. The number of carbonyl (C=O) groups is 1. The largest absolute Gasteiger partial charge is 0.416 e. The van der Waals surface area contributed by atoms with Crippen LogP contribution >= 0.6 is 0 Å². The van der Waals surface area contributed by atoms with Crippen LogP contribution in [0.5, 0.6) is 0 Å². The van der Waals surface area contributed by atoms with E-state index in [9.17, 15) is 23.1 Å². The molecule has 3 aromatic carbocycles. The van der Waals surface area contributed by atoms with E-state index in [0.717, 1.165) is 22.8 Å². The van der Waals surface area contributed by atoms with Gasteiger partial charge in [-0.3, -0.25) is 9.69 Å². The van der Waals surface area contributed by atoms with Gasteiger partial charge in [-0.2, -0.15) is 18.2 Å². The lowest BCUT2D eigenvalue weighted by molar-refractivity contribution is -0.138. The normalized spacial score (nSPS) is 15.9. The van der Waals surface area contributed by atoms with E-state index in [4.69, 9.17) is 11.5 Å². The molecule has 1 amide bonds. The Morgan fingerprint density at radius 2 is 1.56 bits per heavy atom. The number of amides is 1. The fraction of sp³-hybridized carbons (Fsp3) is 0.259. The number of nitrogens with zero attached hydrogens (tertiary/aromatic N) is 2. The van der Waals surface area contributed by atoms with Crippen LogP contribution in [0.25, 0.3) is 11.1 Å². The molecular formula is C27H27F3N4O2. The number of rotatable bonds is 5. The van der Waals surface area contributed by atoms with Gasteiger partial charge in [0.1, 0.15) is 6.23 Å². The van der Waals surface area contributed by atoms with Gasteiger partial charge in [0.25, 0.3) is 5.91 Å². The van der Waals surface area contributed by atoms with Crippen LogP contribution < -0.4 is 11.5 Å². The van der Waals surface area contributed by atoms with Crippen molar-refractivity contribution < 1.29 is 23.1 Å². The second-order valence-electron chi connectivity index (χ2n) is 8.81. The third kappa shape index (κ3) is 5.75. The Hall–Kier alpha value is -3.69. The van der Waals surface area contributed by atoms with Crippen LogP contribution in [-0.2, 0) is 6.18 Å². The molecule has 1 saturated heterocycles. The maximum atomic E-state index is 13.8. The van der Waals surface area contributed by atoms with Crippen molar-refractivity contribution in [3.63, 3.8) is 0 Å². The van der Waals surface area contributed by atoms with Crippen LogP contribution in [0.2, 0.25) is 0 Å². The summed E-state index contributed by atoms with van der Waals surface area (Å²) in [6, 6.07) is 21.0. The van der Waals surface area contributed by atoms with Crippen molar-refractivity contribution in [3.8, 4) is 11.1 Å². The van der Waals surface area contributed by atoms with Crippen molar-refractivity contribution in [1.82, 2.24) is 4.90 Å². The quantitative estimate of drug-likeness (QED) is 0.352. The minimum Gasteiger partial charge on any atom is -0.374 e. The van der Waals surface area contributed by atoms with Gasteiger partial charge in [-0.25, -0.2) is 0 Å². The maximum Gasteiger partial charge on any atom is 0.416 e. The van der Waals surface area contributed by atoms with Crippen LogP contribution in [0.1, 0.15) is 52.0 Å². The van der Waals surface area contributed by atoms with Crippen molar-refractivity contribution >= 4 is 11.9 Å². The molecule has 1 aliphatic rings. The number of hydrogen-bond donors (Lipinski definition) is 3. The second kappa shape index (κ2) is 10.5. The second-order valence-corrected chi connectivity index (χ2v) is 8.81. The van der Waals surface area contributed by atoms with Crippen LogP contribution in [0.3, 0.4) is 0 Å². The number of benzene rings is 3. The number of alkyl halides is 3. The Bertz CT molecular complexity index is 1230. The Morgan fingerprint density at radius 3 is 2.14 bits per heavy atom. The lowest BCUT2D eigenvalue weighted by Gasteiger charge is -2.36. The average molecular weight is 497 g/mol. The highest BCUT2D eigenvalue weighted by atomic mass is 19.4. The first-order chi connectivity index (χ1) is 17.1. The monoisotopic (exact) mass is 496 g/mol. The number of hydrogen-bond acceptors (Lipinski definition) is 3. The molecule has 0 spiro atoms. The fourth-order valence-electron chi connectivity index (χ4n) is 4.62. The number of halogens is 3. The number of guanidine groups is 1. The molecule has 4 rings (SSSR count). The zero-order valence-corrected chi connectivity index (χ0v) is 19.4. The molecule has 0 bridgehead atoms. The van der Waals surface area contributed by atoms with Gasteiger partial charge in [-0.05, 0) is 53.1 Å². The van der Waals surface area contributed by atoms with Crippen molar-refractivity contribution in [2.24, 2.45) is 16.5 Å². The Labute approximate surface area is 207 Å². The lowest BCUT2D eigenvalue weighted by Crippen LogP contribution is -2.36. The van der Waals surface area contributed by atoms with Gasteiger partial charge in [0.15, 0.2) is 5.96 Å². The SMILES string of the molecule is NC(N)=NC(=O)c1ccc(C2CCN(C(O)c3ccc(-c4ccccc4)cc3)CC2)c(C(F)(F)F)c1. The molecule has 6 nitrogen and oxygen atoms in total. The van der Waals surface area contributed by atoms with E-state index in [2.05, 4.69) is 4.99 Å². The fourth-order valence-corrected chi connectivity index (χ4v) is 4.62. The van der Waals surface area contributed by atoms with E-state index in [0.29, 0.717) is 25.9 Å². The van der Waals surface area contributed by atoms with E-state index < -0.39 is 29.8 Å². The average Bonchev–Trinajstić information content (AvgIpc) is 2.88. The van der Waals surface area contributed by atoms with Gasteiger partial charge in [0.05, 0.1) is 5.56 Å². The van der Waals surface area contributed by atoms with Crippen LogP contribution in [0.15, 0.2) is 77.8 Å². The van der Waals surface area contributed by atoms with E-state index in [1.165, 1.54) is 12.1 Å². The number of likely N-dealkylation sites (tertiary alicyclic amines) is 1. The first kappa shape index (κ1) is 25.4. The lowest BCUT2D eigenvalue weighted by atomic mass is 9.85. The van der Waals surface area contributed by atoms with E-state index >= 15 is 0 Å². The summed E-state index contributed by atoms with van der Waals surface area (Å²) in [5.74, 6) is -1.81. The topological polar surface area (TPSA) is 105 Å². The smallest absolute Gasteiger partial charge is 0.374 e. The molecule has 1 fully saturated rings. The number of aliphatic imine (C=N–C) groups is 1. The molecule has 3 aromatic rings. The number of nitrogens with two attached hydrogens (primary N) is 2. The Kier molecular flexibility index (Phi) is 7.42. The zero-order valence-electron chi connectivity index (χ0n) is 19.4. The number of piperidine rings is 1. The molecule has 0 radical (unpaired) electrons. The first-order valence-corrected chi connectivity index (χ1v) is 11.6. The summed E-state index contributed by atoms with van der Waals surface area (Å²) in [5, 5.41) is 10.9. The summed E-state index contributed by atoms with van der Waals surface area (Å²) in [6.45, 7) is 0.858. The molecule has 1 aliphatic heterocycles. The summed E-state index contributed by atoms with van der Waals surface area (Å²) in [7, 11) is 0. The van der Waals surface area contributed by atoms with Crippen LogP contribution in [0, 0.1) is 0 Å². The summed E-state index contributed by atoms with van der Waals surface area (Å²) in [6.07, 6.45) is -4.62. The summed E-state index contributed by atoms with van der Waals surface area (Å²) in [5.41, 5.74) is 12.2.